The zero-order valence-electron chi connectivity index (χ0n) is 21.9. The van der Waals surface area contributed by atoms with Crippen molar-refractivity contribution in [3.8, 4) is 0 Å². The summed E-state index contributed by atoms with van der Waals surface area (Å²) < 4.78 is 16.8. The lowest BCUT2D eigenvalue weighted by molar-refractivity contribution is -0.142. The summed E-state index contributed by atoms with van der Waals surface area (Å²) in [5.41, 5.74) is 0.328. The zero-order valence-corrected chi connectivity index (χ0v) is 21.9. The summed E-state index contributed by atoms with van der Waals surface area (Å²) in [7, 11) is 1.70. The average Bonchev–Trinajstić information content (AvgIpc) is 2.91. The first-order valence-electron chi connectivity index (χ1n) is 13.2. The van der Waals surface area contributed by atoms with Gasteiger partial charge in [0.2, 0.25) is 0 Å². The molecule has 202 valence electrons. The van der Waals surface area contributed by atoms with Crippen LogP contribution in [0.2, 0.25) is 0 Å². The van der Waals surface area contributed by atoms with Crippen molar-refractivity contribution in [2.45, 2.75) is 77.2 Å². The molecule has 7 nitrogen and oxygen atoms in total. The summed E-state index contributed by atoms with van der Waals surface area (Å²) in [6.07, 6.45) is 13.4. The van der Waals surface area contributed by atoms with Crippen LogP contribution < -0.4 is 0 Å². The molecule has 2 fully saturated rings. The molecule has 1 atom stereocenters. The van der Waals surface area contributed by atoms with Crippen LogP contribution in [0.1, 0.15) is 71.1 Å². The van der Waals surface area contributed by atoms with Crippen molar-refractivity contribution in [1.82, 2.24) is 0 Å². The minimum absolute atomic E-state index is 0.110. The summed E-state index contributed by atoms with van der Waals surface area (Å²) in [5, 5.41) is 17.0. The van der Waals surface area contributed by atoms with Crippen molar-refractivity contribution in [3.63, 3.8) is 0 Å². The summed E-state index contributed by atoms with van der Waals surface area (Å²) in [4.78, 5) is 21.3. The van der Waals surface area contributed by atoms with Gasteiger partial charge in [-0.25, -0.2) is 4.79 Å². The molecule has 0 bridgehead atoms. The second-order valence-electron chi connectivity index (χ2n) is 9.95. The third kappa shape index (κ3) is 12.3. The molecule has 2 N–H and O–H groups in total. The van der Waals surface area contributed by atoms with Gasteiger partial charge in [-0.2, -0.15) is 0 Å². The predicted molar refractivity (Wildman–Crippen MR) is 137 cm³/mol. The number of unbranched alkanes of at least 4 members (excludes halogenated alkanes) is 1. The van der Waals surface area contributed by atoms with Crippen molar-refractivity contribution in [2.24, 2.45) is 23.7 Å². The molecule has 0 spiro atoms. The van der Waals surface area contributed by atoms with Crippen LogP contribution in [0.5, 0.6) is 0 Å². The summed E-state index contributed by atoms with van der Waals surface area (Å²) in [6, 6.07) is 0. The minimum atomic E-state index is -0.500. The Kier molecular flexibility index (Phi) is 16.8. The highest BCUT2D eigenvalue weighted by Crippen LogP contribution is 2.42. The predicted octanol–water partition coefficient (Wildman–Crippen LogP) is 4.26. The molecule has 2 aliphatic carbocycles. The molecule has 0 aromatic carbocycles. The number of aliphatic hydroxyl groups is 2. The number of hydrogen-bond donors (Lipinski definition) is 2. The second-order valence-corrected chi connectivity index (χ2v) is 9.95. The van der Waals surface area contributed by atoms with Gasteiger partial charge in [-0.3, -0.25) is 4.79 Å². The van der Waals surface area contributed by atoms with Gasteiger partial charge in [0.1, 0.15) is 6.29 Å². The Bertz CT molecular complexity index is 617. The van der Waals surface area contributed by atoms with Crippen LogP contribution in [0.4, 0.5) is 0 Å². The highest BCUT2D eigenvalue weighted by Gasteiger charge is 2.34. The van der Waals surface area contributed by atoms with Crippen LogP contribution in [-0.2, 0) is 23.8 Å². The Labute approximate surface area is 211 Å². The van der Waals surface area contributed by atoms with Crippen LogP contribution >= 0.6 is 0 Å². The summed E-state index contributed by atoms with van der Waals surface area (Å²) >= 11 is 0. The first-order valence-corrected chi connectivity index (χ1v) is 13.2. The Morgan fingerprint density at radius 3 is 2.03 bits per heavy atom. The Balaban J connectivity index is 0.000000905. The smallest absolute Gasteiger partial charge is 0.335 e. The third-order valence-corrected chi connectivity index (χ3v) is 7.38. The maximum Gasteiger partial charge on any atom is 0.335 e. The van der Waals surface area contributed by atoms with Crippen molar-refractivity contribution < 1.29 is 34.0 Å². The maximum absolute atomic E-state index is 11.8. The number of methoxy groups -OCH3 is 1. The van der Waals surface area contributed by atoms with Crippen molar-refractivity contribution in [2.75, 3.05) is 40.1 Å². The van der Waals surface area contributed by atoms with E-state index in [2.05, 4.69) is 20.1 Å². The van der Waals surface area contributed by atoms with E-state index in [1.165, 1.54) is 64.2 Å². The average molecular weight is 497 g/mol. The lowest BCUT2D eigenvalue weighted by Crippen LogP contribution is -2.33. The number of ether oxygens (including phenoxy) is 3. The third-order valence-electron chi connectivity index (χ3n) is 7.38. The van der Waals surface area contributed by atoms with Crippen LogP contribution in [0.15, 0.2) is 24.3 Å². The van der Waals surface area contributed by atoms with E-state index in [0.29, 0.717) is 31.5 Å². The van der Waals surface area contributed by atoms with E-state index in [9.17, 15) is 9.59 Å². The highest BCUT2D eigenvalue weighted by atomic mass is 16.5. The van der Waals surface area contributed by atoms with Gasteiger partial charge in [-0.15, -0.1) is 0 Å². The van der Waals surface area contributed by atoms with Crippen molar-refractivity contribution in [1.29, 1.82) is 0 Å². The largest absolute Gasteiger partial charge is 0.462 e. The van der Waals surface area contributed by atoms with E-state index < -0.39 is 5.97 Å². The Morgan fingerprint density at radius 2 is 1.57 bits per heavy atom. The van der Waals surface area contributed by atoms with E-state index in [0.717, 1.165) is 18.4 Å². The fourth-order valence-corrected chi connectivity index (χ4v) is 5.13. The number of carbonyl (C=O) groups excluding carboxylic acids is 2. The number of hydrogen-bond acceptors (Lipinski definition) is 7. The molecule has 0 radical (unpaired) electrons. The number of carbonyl (C=O) groups is 2. The van der Waals surface area contributed by atoms with Gasteiger partial charge in [0, 0.05) is 25.2 Å². The lowest BCUT2D eigenvalue weighted by Gasteiger charge is -2.39. The molecule has 2 rings (SSSR count). The number of aldehydes is 1. The van der Waals surface area contributed by atoms with Gasteiger partial charge < -0.3 is 24.4 Å². The molecular formula is C28H48O7. The first-order chi connectivity index (χ1) is 16.9. The van der Waals surface area contributed by atoms with Crippen LogP contribution in [0, 0.1) is 23.7 Å². The first kappa shape index (κ1) is 31.5. The van der Waals surface area contributed by atoms with Crippen LogP contribution in [0.25, 0.3) is 0 Å². The van der Waals surface area contributed by atoms with Gasteiger partial charge in [0.15, 0.2) is 0 Å². The molecule has 0 saturated heterocycles. The van der Waals surface area contributed by atoms with Crippen molar-refractivity contribution in [3.05, 3.63) is 24.3 Å². The van der Waals surface area contributed by atoms with Gasteiger partial charge in [-0.1, -0.05) is 26.5 Å². The number of aliphatic hydroxyl groups excluding tert-OH is 2. The molecular weight excluding hydrogens is 448 g/mol. The van der Waals surface area contributed by atoms with E-state index in [1.54, 1.807) is 7.11 Å². The Morgan fingerprint density at radius 1 is 0.971 bits per heavy atom. The normalized spacial score (nSPS) is 25.0. The van der Waals surface area contributed by atoms with E-state index >= 15 is 0 Å². The molecule has 0 aromatic rings. The number of rotatable bonds is 14. The lowest BCUT2D eigenvalue weighted by atomic mass is 9.68. The summed E-state index contributed by atoms with van der Waals surface area (Å²) in [6.45, 7) is 10.2. The van der Waals surface area contributed by atoms with Crippen molar-refractivity contribution >= 4 is 12.3 Å². The van der Waals surface area contributed by atoms with E-state index in [4.69, 9.17) is 24.4 Å². The number of esters is 1. The quantitative estimate of drug-likeness (QED) is 0.160. The van der Waals surface area contributed by atoms with E-state index in [1.807, 2.05) is 0 Å². The molecule has 0 aliphatic heterocycles. The van der Waals surface area contributed by atoms with Crippen LogP contribution in [0.3, 0.4) is 0 Å². The van der Waals surface area contributed by atoms with Crippen LogP contribution in [-0.4, -0.2) is 68.7 Å². The van der Waals surface area contributed by atoms with E-state index in [-0.39, 0.29) is 30.3 Å². The minimum Gasteiger partial charge on any atom is -0.462 e. The van der Waals surface area contributed by atoms with Gasteiger partial charge >= 0.3 is 5.97 Å². The maximum atomic E-state index is 11.8. The van der Waals surface area contributed by atoms with Gasteiger partial charge in [-0.05, 0) is 75.5 Å². The molecule has 2 saturated carbocycles. The SMILES string of the molecule is C=C(C=O)CO.C=C(CO)C(=O)OCC(COC)C1CCC(C2CCC(OCCCC)CC2)CC1. The summed E-state index contributed by atoms with van der Waals surface area (Å²) in [5.74, 6) is 1.95. The highest BCUT2D eigenvalue weighted by molar-refractivity contribution is 5.87. The Hall–Kier alpha value is -1.54. The van der Waals surface area contributed by atoms with Gasteiger partial charge in [0.05, 0.1) is 38.1 Å². The molecule has 35 heavy (non-hydrogen) atoms. The molecule has 0 amide bonds. The monoisotopic (exact) mass is 496 g/mol. The molecule has 0 heterocycles. The molecule has 7 heteroatoms. The topological polar surface area (TPSA) is 102 Å². The molecule has 0 aromatic heterocycles. The fraction of sp³-hybridized carbons (Fsp3) is 0.786. The molecule has 1 unspecified atom stereocenters. The zero-order chi connectivity index (χ0) is 26.1. The fourth-order valence-electron chi connectivity index (χ4n) is 5.13. The molecule has 2 aliphatic rings. The second kappa shape index (κ2) is 18.7. The standard InChI is InChI=1S/C24H42O5.C4H6O2/c1-4-5-14-28-23-12-10-20(11-13-23)19-6-8-21(9-7-19)22(16-27-3)17-29-24(26)18(2)15-25;1-4(2-5)3-6/h19-23,25H,2,4-17H2,1,3H3;2,6H,1,3H2. The van der Waals surface area contributed by atoms with Gasteiger partial charge in [0.25, 0.3) is 0 Å².